The molecule has 0 unspecified atom stereocenters. The smallest absolute Gasteiger partial charge is 0.119 e. The molecule has 0 saturated carbocycles. The summed E-state index contributed by atoms with van der Waals surface area (Å²) in [7, 11) is 0. The highest BCUT2D eigenvalue weighted by Gasteiger charge is 2.18. The van der Waals surface area contributed by atoms with Gasteiger partial charge in [0.2, 0.25) is 0 Å². The number of aryl methyl sites for hydroxylation is 1. The third-order valence-corrected chi connectivity index (χ3v) is 4.44. The lowest BCUT2D eigenvalue weighted by Gasteiger charge is -2.21. The molecule has 1 nitrogen and oxygen atoms in total. The molecule has 0 heterocycles. The van der Waals surface area contributed by atoms with Crippen molar-refractivity contribution < 1.29 is 5.11 Å². The molecule has 1 aromatic rings. The van der Waals surface area contributed by atoms with Gasteiger partial charge in [-0.1, -0.05) is 91.2 Å². The van der Waals surface area contributed by atoms with Crippen molar-refractivity contribution in [1.29, 1.82) is 0 Å². The van der Waals surface area contributed by atoms with Crippen LogP contribution >= 0.6 is 0 Å². The van der Waals surface area contributed by atoms with E-state index in [-0.39, 0.29) is 5.41 Å². The maximum absolute atomic E-state index is 10.0. The Morgan fingerprint density at radius 1 is 0.818 bits per heavy atom. The van der Waals surface area contributed by atoms with Gasteiger partial charge >= 0.3 is 0 Å². The molecule has 0 spiro atoms. The van der Waals surface area contributed by atoms with Gasteiger partial charge in [0.1, 0.15) is 5.75 Å². The lowest BCUT2D eigenvalue weighted by Crippen LogP contribution is -2.11. The number of hydrogen-bond donors (Lipinski definition) is 1. The molecule has 0 fully saturated rings. The minimum atomic E-state index is 0.0125. The van der Waals surface area contributed by atoms with Gasteiger partial charge < -0.3 is 5.11 Å². The fourth-order valence-electron chi connectivity index (χ4n) is 2.98. The Balaban J connectivity index is 2.23. The molecule has 1 heteroatoms. The molecular formula is C21H36O. The first-order valence-electron chi connectivity index (χ1n) is 9.27. The molecular weight excluding hydrogens is 268 g/mol. The van der Waals surface area contributed by atoms with Crippen LogP contribution in [-0.4, -0.2) is 5.11 Å². The SMILES string of the molecule is CCCCCCCCCCCc1ccc(O)c(C(C)(C)C)c1. The van der Waals surface area contributed by atoms with Crippen LogP contribution in [0.3, 0.4) is 0 Å². The molecule has 0 aliphatic rings. The van der Waals surface area contributed by atoms with Gasteiger partial charge in [-0.15, -0.1) is 0 Å². The average Bonchev–Trinajstić information content (AvgIpc) is 2.46. The second kappa shape index (κ2) is 9.92. The minimum Gasteiger partial charge on any atom is -0.508 e. The third-order valence-electron chi connectivity index (χ3n) is 4.44. The number of rotatable bonds is 10. The number of benzene rings is 1. The Kier molecular flexibility index (Phi) is 8.60. The van der Waals surface area contributed by atoms with Crippen LogP contribution in [0.15, 0.2) is 18.2 Å². The van der Waals surface area contributed by atoms with Crippen molar-refractivity contribution in [2.45, 2.75) is 97.3 Å². The van der Waals surface area contributed by atoms with Gasteiger partial charge in [-0.25, -0.2) is 0 Å². The summed E-state index contributed by atoms with van der Waals surface area (Å²) < 4.78 is 0. The van der Waals surface area contributed by atoms with Gasteiger partial charge in [-0.2, -0.15) is 0 Å². The zero-order valence-electron chi connectivity index (χ0n) is 15.3. The molecule has 0 aliphatic carbocycles. The molecule has 1 N–H and O–H groups in total. The summed E-state index contributed by atoms with van der Waals surface area (Å²) in [5.41, 5.74) is 2.45. The second-order valence-corrected chi connectivity index (χ2v) is 7.68. The van der Waals surface area contributed by atoms with Gasteiger partial charge in [0.25, 0.3) is 0 Å². The molecule has 1 aromatic carbocycles. The highest BCUT2D eigenvalue weighted by molar-refractivity contribution is 5.40. The third kappa shape index (κ3) is 7.33. The normalized spacial score (nSPS) is 11.8. The van der Waals surface area contributed by atoms with E-state index in [2.05, 4.69) is 39.8 Å². The minimum absolute atomic E-state index is 0.0125. The van der Waals surface area contributed by atoms with Crippen molar-refractivity contribution in [2.24, 2.45) is 0 Å². The van der Waals surface area contributed by atoms with E-state index in [9.17, 15) is 5.11 Å². The number of phenols is 1. The summed E-state index contributed by atoms with van der Waals surface area (Å²) in [6.07, 6.45) is 13.5. The highest BCUT2D eigenvalue weighted by Crippen LogP contribution is 2.31. The monoisotopic (exact) mass is 304 g/mol. The maximum atomic E-state index is 10.0. The first kappa shape index (κ1) is 19.1. The largest absolute Gasteiger partial charge is 0.508 e. The van der Waals surface area contributed by atoms with Crippen LogP contribution in [0, 0.1) is 0 Å². The molecule has 0 aliphatic heterocycles. The number of aromatic hydroxyl groups is 1. The fourth-order valence-corrected chi connectivity index (χ4v) is 2.98. The lowest BCUT2D eigenvalue weighted by molar-refractivity contribution is 0.446. The van der Waals surface area contributed by atoms with Crippen LogP contribution in [0.1, 0.15) is 96.6 Å². The van der Waals surface area contributed by atoms with E-state index in [4.69, 9.17) is 0 Å². The summed E-state index contributed by atoms with van der Waals surface area (Å²) in [6.45, 7) is 8.74. The summed E-state index contributed by atoms with van der Waals surface area (Å²) >= 11 is 0. The lowest BCUT2D eigenvalue weighted by atomic mass is 9.85. The molecule has 1 rings (SSSR count). The van der Waals surface area contributed by atoms with Crippen LogP contribution in [-0.2, 0) is 11.8 Å². The highest BCUT2D eigenvalue weighted by atomic mass is 16.3. The predicted octanol–water partition coefficient (Wildman–Crippen LogP) is 6.76. The van der Waals surface area contributed by atoms with Gasteiger partial charge in [0.05, 0.1) is 0 Å². The van der Waals surface area contributed by atoms with Crippen molar-refractivity contribution in [3.63, 3.8) is 0 Å². The first-order valence-corrected chi connectivity index (χ1v) is 9.27. The van der Waals surface area contributed by atoms with Crippen molar-refractivity contribution in [1.82, 2.24) is 0 Å². The zero-order chi connectivity index (χ0) is 16.4. The predicted molar refractivity (Wildman–Crippen MR) is 97.7 cm³/mol. The van der Waals surface area contributed by atoms with Gasteiger partial charge in [0.15, 0.2) is 0 Å². The molecule has 0 amide bonds. The first-order chi connectivity index (χ1) is 10.4. The summed E-state index contributed by atoms with van der Waals surface area (Å²) in [5.74, 6) is 0.434. The molecule has 22 heavy (non-hydrogen) atoms. The molecule has 0 atom stereocenters. The molecule has 0 aromatic heterocycles. The molecule has 0 radical (unpaired) electrons. The summed E-state index contributed by atoms with van der Waals surface area (Å²) in [5, 5.41) is 10.0. The van der Waals surface area contributed by atoms with Crippen LogP contribution in [0.5, 0.6) is 5.75 Å². The zero-order valence-corrected chi connectivity index (χ0v) is 15.3. The van der Waals surface area contributed by atoms with Gasteiger partial charge in [-0.3, -0.25) is 0 Å². The van der Waals surface area contributed by atoms with E-state index in [0.29, 0.717) is 5.75 Å². The van der Waals surface area contributed by atoms with Gasteiger partial charge in [-0.05, 0) is 35.4 Å². The Labute approximate surface area is 138 Å². The topological polar surface area (TPSA) is 20.2 Å². The van der Waals surface area contributed by atoms with E-state index in [1.165, 1.54) is 63.4 Å². The number of unbranched alkanes of at least 4 members (excludes halogenated alkanes) is 8. The summed E-state index contributed by atoms with van der Waals surface area (Å²) in [4.78, 5) is 0. The van der Waals surface area contributed by atoms with Crippen LogP contribution in [0.4, 0.5) is 0 Å². The van der Waals surface area contributed by atoms with Crippen molar-refractivity contribution in [3.05, 3.63) is 29.3 Å². The standard InChI is InChI=1S/C21H36O/c1-5-6-7-8-9-10-11-12-13-14-18-15-16-20(22)19(17-18)21(2,3)4/h15-17,22H,5-14H2,1-4H3. The Bertz CT molecular complexity index is 414. The summed E-state index contributed by atoms with van der Waals surface area (Å²) in [6, 6.07) is 6.14. The van der Waals surface area contributed by atoms with Gasteiger partial charge in [0, 0.05) is 0 Å². The van der Waals surface area contributed by atoms with E-state index >= 15 is 0 Å². The van der Waals surface area contributed by atoms with Crippen molar-refractivity contribution in [3.8, 4) is 5.75 Å². The van der Waals surface area contributed by atoms with Crippen molar-refractivity contribution >= 4 is 0 Å². The number of hydrogen-bond acceptors (Lipinski definition) is 1. The fraction of sp³-hybridized carbons (Fsp3) is 0.714. The van der Waals surface area contributed by atoms with Crippen LogP contribution in [0.25, 0.3) is 0 Å². The van der Waals surface area contributed by atoms with Crippen LogP contribution < -0.4 is 0 Å². The van der Waals surface area contributed by atoms with Crippen molar-refractivity contribution in [2.75, 3.05) is 0 Å². The van der Waals surface area contributed by atoms with E-state index in [1.54, 1.807) is 0 Å². The van der Waals surface area contributed by atoms with E-state index in [0.717, 1.165) is 12.0 Å². The Morgan fingerprint density at radius 2 is 1.36 bits per heavy atom. The molecule has 0 saturated heterocycles. The molecule has 126 valence electrons. The number of phenolic OH excluding ortho intramolecular Hbond substituents is 1. The quantitative estimate of drug-likeness (QED) is 0.473. The van der Waals surface area contributed by atoms with Crippen LogP contribution in [0.2, 0.25) is 0 Å². The Morgan fingerprint density at radius 3 is 1.91 bits per heavy atom. The van der Waals surface area contributed by atoms with E-state index < -0.39 is 0 Å². The molecule has 0 bridgehead atoms. The second-order valence-electron chi connectivity index (χ2n) is 7.68. The maximum Gasteiger partial charge on any atom is 0.119 e. The Hall–Kier alpha value is -0.980. The average molecular weight is 305 g/mol. The van der Waals surface area contributed by atoms with E-state index in [1.807, 2.05) is 6.07 Å².